The number of aromatic nitrogens is 1. The molecule has 0 aliphatic carbocycles. The van der Waals surface area contributed by atoms with Crippen LogP contribution in [0.3, 0.4) is 0 Å². The van der Waals surface area contributed by atoms with Crippen LogP contribution in [0.1, 0.15) is 5.69 Å². The van der Waals surface area contributed by atoms with Gasteiger partial charge in [0, 0.05) is 28.6 Å². The molecule has 0 spiro atoms. The van der Waals surface area contributed by atoms with Crippen molar-refractivity contribution in [2.24, 2.45) is 0 Å². The lowest BCUT2D eigenvalue weighted by Crippen LogP contribution is -2.30. The van der Waals surface area contributed by atoms with Crippen LogP contribution < -0.4 is 5.32 Å². The molecule has 1 fully saturated rings. The zero-order valence-electron chi connectivity index (χ0n) is 12.2. The molecule has 3 amide bonds. The third-order valence-electron chi connectivity index (χ3n) is 3.45. The number of benzene rings is 1. The van der Waals surface area contributed by atoms with E-state index in [9.17, 15) is 9.59 Å². The van der Waals surface area contributed by atoms with E-state index < -0.39 is 6.03 Å². The molecule has 1 aromatic carbocycles. The summed E-state index contributed by atoms with van der Waals surface area (Å²) in [5.74, 6) is -0.349. The maximum atomic E-state index is 12.2. The second kappa shape index (κ2) is 6.26. The van der Waals surface area contributed by atoms with Gasteiger partial charge in [-0.25, -0.2) is 4.79 Å². The summed E-state index contributed by atoms with van der Waals surface area (Å²) >= 11 is 3.41. The molecule has 1 aliphatic rings. The Morgan fingerprint density at radius 1 is 1.17 bits per heavy atom. The monoisotopic (exact) mass is 371 g/mol. The van der Waals surface area contributed by atoms with E-state index in [4.69, 9.17) is 0 Å². The van der Waals surface area contributed by atoms with Crippen LogP contribution in [0.25, 0.3) is 11.8 Å². The number of rotatable bonds is 4. The van der Waals surface area contributed by atoms with Gasteiger partial charge in [0.1, 0.15) is 5.70 Å². The lowest BCUT2D eigenvalue weighted by atomic mass is 10.2. The Balaban J connectivity index is 1.94. The Bertz CT molecular complexity index is 806. The molecule has 1 aromatic heterocycles. The Hall–Kier alpha value is -2.60. The van der Waals surface area contributed by atoms with Crippen molar-refractivity contribution in [2.45, 2.75) is 0 Å². The van der Waals surface area contributed by atoms with E-state index in [0.29, 0.717) is 0 Å². The van der Waals surface area contributed by atoms with Gasteiger partial charge < -0.3 is 9.88 Å². The van der Waals surface area contributed by atoms with E-state index >= 15 is 0 Å². The molecule has 2 aromatic rings. The highest BCUT2D eigenvalue weighted by molar-refractivity contribution is 9.10. The minimum atomic E-state index is -0.428. The van der Waals surface area contributed by atoms with E-state index in [1.807, 2.05) is 47.2 Å². The van der Waals surface area contributed by atoms with Crippen molar-refractivity contribution < 1.29 is 9.59 Å². The van der Waals surface area contributed by atoms with Crippen LogP contribution in [0.5, 0.6) is 0 Å². The fourth-order valence-electron chi connectivity index (χ4n) is 2.36. The summed E-state index contributed by atoms with van der Waals surface area (Å²) in [5.41, 5.74) is 2.02. The Labute approximate surface area is 142 Å². The van der Waals surface area contributed by atoms with Gasteiger partial charge in [0.25, 0.3) is 5.91 Å². The molecule has 0 atom stereocenters. The van der Waals surface area contributed by atoms with Gasteiger partial charge in [-0.2, -0.15) is 0 Å². The molecular weight excluding hydrogens is 358 g/mol. The summed E-state index contributed by atoms with van der Waals surface area (Å²) < 4.78 is 2.93. The molecule has 1 aliphatic heterocycles. The molecule has 3 rings (SSSR count). The van der Waals surface area contributed by atoms with Crippen molar-refractivity contribution in [1.29, 1.82) is 0 Å². The molecule has 116 valence electrons. The first-order chi connectivity index (χ1) is 11.1. The first-order valence-corrected chi connectivity index (χ1v) is 7.78. The topological polar surface area (TPSA) is 54.3 Å². The van der Waals surface area contributed by atoms with Gasteiger partial charge in [-0.3, -0.25) is 9.69 Å². The minimum absolute atomic E-state index is 0.190. The van der Waals surface area contributed by atoms with Crippen LogP contribution in [-0.4, -0.2) is 28.0 Å². The van der Waals surface area contributed by atoms with Crippen molar-refractivity contribution >= 4 is 33.9 Å². The van der Waals surface area contributed by atoms with Gasteiger partial charge >= 0.3 is 6.03 Å². The SMILES string of the molecule is C=CCN1C(=O)N/C(=C\c2cccn2-c2ccc(Br)cc2)C1=O. The highest BCUT2D eigenvalue weighted by atomic mass is 79.9. The summed E-state index contributed by atoms with van der Waals surface area (Å²) in [6.45, 7) is 3.74. The first-order valence-electron chi connectivity index (χ1n) is 6.99. The smallest absolute Gasteiger partial charge is 0.317 e. The van der Waals surface area contributed by atoms with Crippen LogP contribution >= 0.6 is 15.9 Å². The van der Waals surface area contributed by atoms with E-state index in [0.717, 1.165) is 20.8 Å². The summed E-state index contributed by atoms with van der Waals surface area (Å²) in [6, 6.07) is 11.2. The molecular formula is C17H14BrN3O2. The first kappa shape index (κ1) is 15.3. The fourth-order valence-corrected chi connectivity index (χ4v) is 2.63. The molecule has 5 nitrogen and oxygen atoms in total. The van der Waals surface area contributed by atoms with Crippen molar-refractivity contribution in [3.8, 4) is 5.69 Å². The maximum Gasteiger partial charge on any atom is 0.329 e. The molecule has 6 heteroatoms. The molecule has 1 saturated heterocycles. The maximum absolute atomic E-state index is 12.2. The van der Waals surface area contributed by atoms with Gasteiger partial charge in [-0.15, -0.1) is 6.58 Å². The molecule has 0 bridgehead atoms. The lowest BCUT2D eigenvalue weighted by Gasteiger charge is -2.08. The van der Waals surface area contributed by atoms with Gasteiger partial charge in [0.15, 0.2) is 0 Å². The summed E-state index contributed by atoms with van der Waals surface area (Å²) in [4.78, 5) is 25.2. The van der Waals surface area contributed by atoms with Crippen molar-refractivity contribution in [3.63, 3.8) is 0 Å². The second-order valence-corrected chi connectivity index (χ2v) is 5.89. The van der Waals surface area contributed by atoms with Crippen molar-refractivity contribution in [3.05, 3.63) is 71.1 Å². The average Bonchev–Trinajstić information content (AvgIpc) is 3.09. The fraction of sp³-hybridized carbons (Fsp3) is 0.0588. The third-order valence-corrected chi connectivity index (χ3v) is 3.98. The van der Waals surface area contributed by atoms with E-state index in [1.54, 1.807) is 6.08 Å². The number of nitrogens with one attached hydrogen (secondary N) is 1. The number of urea groups is 1. The number of carbonyl (C=O) groups excluding carboxylic acids is 2. The van der Waals surface area contributed by atoms with Gasteiger partial charge in [0.05, 0.1) is 0 Å². The quantitative estimate of drug-likeness (QED) is 0.509. The van der Waals surface area contributed by atoms with Crippen LogP contribution in [-0.2, 0) is 4.79 Å². The van der Waals surface area contributed by atoms with Gasteiger partial charge in [-0.05, 0) is 42.5 Å². The normalized spacial score (nSPS) is 16.0. The third kappa shape index (κ3) is 2.98. The van der Waals surface area contributed by atoms with Crippen LogP contribution in [0.4, 0.5) is 4.79 Å². The zero-order chi connectivity index (χ0) is 16.4. The van der Waals surface area contributed by atoms with Crippen molar-refractivity contribution in [1.82, 2.24) is 14.8 Å². The molecule has 23 heavy (non-hydrogen) atoms. The zero-order valence-corrected chi connectivity index (χ0v) is 13.8. The minimum Gasteiger partial charge on any atom is -0.317 e. The highest BCUT2D eigenvalue weighted by Gasteiger charge is 2.32. The molecule has 2 heterocycles. The number of imide groups is 1. The highest BCUT2D eigenvalue weighted by Crippen LogP contribution is 2.19. The van der Waals surface area contributed by atoms with Crippen molar-refractivity contribution in [2.75, 3.05) is 6.54 Å². The van der Waals surface area contributed by atoms with Crippen LogP contribution in [0, 0.1) is 0 Å². The molecule has 1 N–H and O–H groups in total. The van der Waals surface area contributed by atoms with E-state index in [-0.39, 0.29) is 18.1 Å². The molecule has 0 unspecified atom stereocenters. The Morgan fingerprint density at radius 3 is 2.61 bits per heavy atom. The Kier molecular flexibility index (Phi) is 4.16. The number of carbonyl (C=O) groups is 2. The predicted octanol–water partition coefficient (Wildman–Crippen LogP) is 3.32. The van der Waals surface area contributed by atoms with Crippen LogP contribution in [0.2, 0.25) is 0 Å². The summed E-state index contributed by atoms with van der Waals surface area (Å²) in [6.07, 6.45) is 5.09. The second-order valence-electron chi connectivity index (χ2n) is 4.97. The molecule has 0 saturated carbocycles. The standard InChI is InChI=1S/C17H14BrN3O2/c1-2-9-21-16(22)15(19-17(21)23)11-14-4-3-10-20(14)13-7-5-12(18)6-8-13/h2-8,10-11H,1,9H2,(H,19,23)/b15-11-. The predicted molar refractivity (Wildman–Crippen MR) is 91.9 cm³/mol. The summed E-state index contributed by atoms with van der Waals surface area (Å²) in [5, 5.41) is 2.59. The summed E-state index contributed by atoms with van der Waals surface area (Å²) in [7, 11) is 0. The number of nitrogens with zero attached hydrogens (tertiary/aromatic N) is 2. The van der Waals surface area contributed by atoms with Gasteiger partial charge in [-0.1, -0.05) is 22.0 Å². The lowest BCUT2D eigenvalue weighted by molar-refractivity contribution is -0.122. The number of hydrogen-bond donors (Lipinski definition) is 1. The number of amides is 3. The van der Waals surface area contributed by atoms with Gasteiger partial charge in [0.2, 0.25) is 0 Å². The largest absolute Gasteiger partial charge is 0.329 e. The average molecular weight is 372 g/mol. The Morgan fingerprint density at radius 2 is 1.91 bits per heavy atom. The van der Waals surface area contributed by atoms with E-state index in [1.165, 1.54) is 6.08 Å². The number of halogens is 1. The van der Waals surface area contributed by atoms with E-state index in [2.05, 4.69) is 27.8 Å². The van der Waals surface area contributed by atoms with Crippen LogP contribution in [0.15, 0.2) is 65.4 Å². The number of hydrogen-bond acceptors (Lipinski definition) is 2. The molecule has 0 radical (unpaired) electrons.